The zero-order valence-corrected chi connectivity index (χ0v) is 18.5. The summed E-state index contributed by atoms with van der Waals surface area (Å²) in [5.41, 5.74) is 5.25. The maximum atomic E-state index is 6.45. The monoisotopic (exact) mass is 418 g/mol. The molecule has 0 saturated carbocycles. The number of aryl methyl sites for hydroxylation is 1. The summed E-state index contributed by atoms with van der Waals surface area (Å²) in [6.45, 7) is 8.37. The first kappa shape index (κ1) is 20.4. The van der Waals surface area contributed by atoms with E-state index in [4.69, 9.17) is 21.6 Å². The number of rotatable bonds is 7. The second-order valence-electron chi connectivity index (χ2n) is 7.60. The molecule has 0 amide bonds. The molecule has 0 N–H and O–H groups in total. The van der Waals surface area contributed by atoms with E-state index in [0.29, 0.717) is 0 Å². The van der Waals surface area contributed by atoms with Crippen molar-refractivity contribution >= 4 is 28.5 Å². The average Bonchev–Trinajstić information content (AvgIpc) is 3.16. The minimum atomic E-state index is 0.753. The van der Waals surface area contributed by atoms with Gasteiger partial charge in [0.05, 0.1) is 5.39 Å². The summed E-state index contributed by atoms with van der Waals surface area (Å²) in [5, 5.41) is 1.84. The number of anilines is 1. The summed E-state index contributed by atoms with van der Waals surface area (Å²) < 4.78 is 2.13. The fourth-order valence-corrected chi connectivity index (χ4v) is 4.09. The average molecular weight is 419 g/mol. The highest BCUT2D eigenvalue weighted by Crippen LogP contribution is 2.37. The number of hydrogen-bond acceptors (Lipinski definition) is 3. The van der Waals surface area contributed by atoms with E-state index >= 15 is 0 Å². The molecule has 0 spiro atoms. The summed E-state index contributed by atoms with van der Waals surface area (Å²) in [6, 6.07) is 16.6. The highest BCUT2D eigenvalue weighted by atomic mass is 35.5. The smallest absolute Gasteiger partial charge is 0.150 e. The van der Waals surface area contributed by atoms with Gasteiger partial charge in [0, 0.05) is 35.6 Å². The standard InChI is InChI=1S/C25H27ClN4/c1-4-13-29(14-5-2)24-23-21(19-9-7-6-8-10-19)16-30(25(23)28-17-27-24)20-12-11-18(3)22(26)15-20/h6-12,15-17H,4-5,13-14H2,1-3H3. The summed E-state index contributed by atoms with van der Waals surface area (Å²) in [7, 11) is 0. The molecule has 0 radical (unpaired) electrons. The molecule has 0 aliphatic heterocycles. The topological polar surface area (TPSA) is 34.0 Å². The van der Waals surface area contributed by atoms with Crippen molar-refractivity contribution in [2.45, 2.75) is 33.6 Å². The molecular formula is C25H27ClN4. The first-order chi connectivity index (χ1) is 14.6. The van der Waals surface area contributed by atoms with Crippen LogP contribution in [0.1, 0.15) is 32.3 Å². The molecule has 2 aromatic heterocycles. The molecule has 0 saturated heterocycles. The largest absolute Gasteiger partial charge is 0.356 e. The second-order valence-corrected chi connectivity index (χ2v) is 8.00. The molecule has 154 valence electrons. The SMILES string of the molecule is CCCN(CCC)c1ncnc2c1c(-c1ccccc1)cn2-c1ccc(C)c(Cl)c1. The van der Waals surface area contributed by atoms with Crippen molar-refractivity contribution < 1.29 is 0 Å². The van der Waals surface area contributed by atoms with E-state index in [1.54, 1.807) is 6.33 Å². The third-order valence-electron chi connectivity index (χ3n) is 5.37. The first-order valence-corrected chi connectivity index (χ1v) is 10.9. The van der Waals surface area contributed by atoms with E-state index in [-0.39, 0.29) is 0 Å². The van der Waals surface area contributed by atoms with Gasteiger partial charge in [-0.2, -0.15) is 0 Å². The van der Waals surface area contributed by atoms with Gasteiger partial charge in [0.15, 0.2) is 5.65 Å². The lowest BCUT2D eigenvalue weighted by molar-refractivity contribution is 0.736. The van der Waals surface area contributed by atoms with Crippen molar-refractivity contribution in [1.29, 1.82) is 0 Å². The zero-order valence-electron chi connectivity index (χ0n) is 17.8. The number of aromatic nitrogens is 3. The van der Waals surface area contributed by atoms with Crippen molar-refractivity contribution in [3.05, 3.63) is 71.6 Å². The Kier molecular flexibility index (Phi) is 6.05. The Balaban J connectivity index is 2.01. The molecule has 0 aliphatic carbocycles. The summed E-state index contributed by atoms with van der Waals surface area (Å²) >= 11 is 6.45. The molecule has 5 heteroatoms. The number of fused-ring (bicyclic) bond motifs is 1. The Morgan fingerprint density at radius 2 is 1.70 bits per heavy atom. The van der Waals surface area contributed by atoms with Crippen LogP contribution in [-0.4, -0.2) is 27.6 Å². The van der Waals surface area contributed by atoms with Crippen molar-refractivity contribution in [1.82, 2.24) is 14.5 Å². The lowest BCUT2D eigenvalue weighted by Crippen LogP contribution is -2.26. The Hall–Kier alpha value is -2.85. The van der Waals surface area contributed by atoms with Gasteiger partial charge in [0.1, 0.15) is 12.1 Å². The van der Waals surface area contributed by atoms with Gasteiger partial charge < -0.3 is 9.47 Å². The minimum Gasteiger partial charge on any atom is -0.356 e. The van der Waals surface area contributed by atoms with E-state index < -0.39 is 0 Å². The van der Waals surface area contributed by atoms with Crippen LogP contribution in [0.2, 0.25) is 5.02 Å². The third-order valence-corrected chi connectivity index (χ3v) is 5.78. The molecule has 4 nitrogen and oxygen atoms in total. The van der Waals surface area contributed by atoms with Gasteiger partial charge in [-0.25, -0.2) is 9.97 Å². The summed E-state index contributed by atoms with van der Waals surface area (Å²) in [4.78, 5) is 11.8. The fraction of sp³-hybridized carbons (Fsp3) is 0.280. The van der Waals surface area contributed by atoms with Crippen LogP contribution in [0, 0.1) is 6.92 Å². The zero-order chi connectivity index (χ0) is 21.1. The number of halogens is 1. The quantitative estimate of drug-likeness (QED) is 0.336. The van der Waals surface area contributed by atoms with Crippen LogP contribution in [0.25, 0.3) is 27.8 Å². The predicted octanol–water partition coefficient (Wildman–Crippen LogP) is 6.68. The Bertz CT molecular complexity index is 1140. The van der Waals surface area contributed by atoms with Gasteiger partial charge in [0.25, 0.3) is 0 Å². The van der Waals surface area contributed by atoms with E-state index in [1.807, 2.05) is 25.1 Å². The Labute approximate surface area is 183 Å². The summed E-state index contributed by atoms with van der Waals surface area (Å²) in [6.07, 6.45) is 5.98. The number of hydrogen-bond donors (Lipinski definition) is 0. The third kappa shape index (κ3) is 3.80. The van der Waals surface area contributed by atoms with Crippen LogP contribution >= 0.6 is 11.6 Å². The van der Waals surface area contributed by atoms with Gasteiger partial charge >= 0.3 is 0 Å². The van der Waals surface area contributed by atoms with Crippen LogP contribution in [-0.2, 0) is 0 Å². The van der Waals surface area contributed by atoms with Crippen LogP contribution in [0.15, 0.2) is 61.1 Å². The van der Waals surface area contributed by atoms with Crippen molar-refractivity contribution in [2.24, 2.45) is 0 Å². The summed E-state index contributed by atoms with van der Waals surface area (Å²) in [5.74, 6) is 1.000. The molecule has 0 atom stereocenters. The molecule has 2 heterocycles. The van der Waals surface area contributed by atoms with Gasteiger partial charge in [-0.05, 0) is 43.0 Å². The van der Waals surface area contributed by atoms with Gasteiger partial charge in [-0.1, -0.05) is 61.8 Å². The van der Waals surface area contributed by atoms with Gasteiger partial charge in [-0.3, -0.25) is 0 Å². The lowest BCUT2D eigenvalue weighted by Gasteiger charge is -2.23. The van der Waals surface area contributed by atoms with Crippen LogP contribution < -0.4 is 4.90 Å². The van der Waals surface area contributed by atoms with Crippen LogP contribution in [0.3, 0.4) is 0 Å². The molecule has 0 unspecified atom stereocenters. The first-order valence-electron chi connectivity index (χ1n) is 10.6. The highest BCUT2D eigenvalue weighted by Gasteiger charge is 2.20. The molecule has 2 aromatic carbocycles. The number of nitrogens with zero attached hydrogens (tertiary/aromatic N) is 4. The van der Waals surface area contributed by atoms with E-state index in [9.17, 15) is 0 Å². The normalized spacial score (nSPS) is 11.2. The molecule has 0 bridgehead atoms. The maximum Gasteiger partial charge on any atom is 0.150 e. The van der Waals surface area contributed by atoms with Crippen molar-refractivity contribution in [3.63, 3.8) is 0 Å². The molecule has 0 fully saturated rings. The predicted molar refractivity (Wildman–Crippen MR) is 127 cm³/mol. The molecular weight excluding hydrogens is 392 g/mol. The molecule has 4 aromatic rings. The van der Waals surface area contributed by atoms with E-state index in [1.165, 1.54) is 0 Å². The van der Waals surface area contributed by atoms with Crippen LogP contribution in [0.5, 0.6) is 0 Å². The van der Waals surface area contributed by atoms with E-state index in [0.717, 1.165) is 70.2 Å². The Morgan fingerprint density at radius 3 is 2.37 bits per heavy atom. The molecule has 0 aliphatic rings. The molecule has 30 heavy (non-hydrogen) atoms. The maximum absolute atomic E-state index is 6.45. The number of benzene rings is 2. The fourth-order valence-electron chi connectivity index (χ4n) is 3.91. The van der Waals surface area contributed by atoms with Gasteiger partial charge in [-0.15, -0.1) is 0 Å². The molecule has 4 rings (SSSR count). The van der Waals surface area contributed by atoms with Gasteiger partial charge in [0.2, 0.25) is 0 Å². The highest BCUT2D eigenvalue weighted by molar-refractivity contribution is 6.31. The van der Waals surface area contributed by atoms with E-state index in [2.05, 4.69) is 59.8 Å². The Morgan fingerprint density at radius 1 is 0.967 bits per heavy atom. The minimum absolute atomic E-state index is 0.753. The van der Waals surface area contributed by atoms with Crippen LogP contribution in [0.4, 0.5) is 5.82 Å². The second kappa shape index (κ2) is 8.88. The van der Waals surface area contributed by atoms with Crippen molar-refractivity contribution in [2.75, 3.05) is 18.0 Å². The van der Waals surface area contributed by atoms with Crippen molar-refractivity contribution in [3.8, 4) is 16.8 Å². The lowest BCUT2D eigenvalue weighted by atomic mass is 10.1.